The van der Waals surface area contributed by atoms with Gasteiger partial charge >= 0.3 is 12.0 Å². The predicted octanol–water partition coefficient (Wildman–Crippen LogP) is 4.17. The van der Waals surface area contributed by atoms with Crippen LogP contribution in [0.25, 0.3) is 0 Å². The van der Waals surface area contributed by atoms with Gasteiger partial charge in [0.1, 0.15) is 6.61 Å². The second kappa shape index (κ2) is 12.9. The largest absolute Gasteiger partial charge is 0.490 e. The molecule has 2 aromatic carbocycles. The van der Waals surface area contributed by atoms with E-state index in [2.05, 4.69) is 21.2 Å². The fourth-order valence-corrected chi connectivity index (χ4v) is 4.15. The lowest BCUT2D eigenvalue weighted by atomic mass is 9.95. The van der Waals surface area contributed by atoms with Gasteiger partial charge in [-0.05, 0) is 43.7 Å². The Hall–Kier alpha value is -3.18. The monoisotopic (exact) mass is 570 g/mol. The molecule has 0 saturated carbocycles. The molecule has 0 saturated heterocycles. The third-order valence-electron chi connectivity index (χ3n) is 5.12. The lowest BCUT2D eigenvalue weighted by Gasteiger charge is -2.28. The molecule has 10 nitrogen and oxygen atoms in total. The van der Waals surface area contributed by atoms with E-state index in [1.54, 1.807) is 38.1 Å². The summed E-state index contributed by atoms with van der Waals surface area (Å²) >= 11 is 18.1. The van der Waals surface area contributed by atoms with E-state index in [4.69, 9.17) is 49.0 Å². The molecule has 0 spiro atoms. The Morgan fingerprint density at radius 2 is 1.97 bits per heavy atom. The molecule has 3 rings (SSSR count). The van der Waals surface area contributed by atoms with Crippen LogP contribution in [0, 0.1) is 0 Å². The van der Waals surface area contributed by atoms with Gasteiger partial charge in [-0.25, -0.2) is 9.59 Å². The van der Waals surface area contributed by atoms with Gasteiger partial charge in [-0.3, -0.25) is 5.43 Å². The Labute approximate surface area is 228 Å². The van der Waals surface area contributed by atoms with Gasteiger partial charge in [-0.1, -0.05) is 40.9 Å². The third kappa shape index (κ3) is 7.20. The van der Waals surface area contributed by atoms with E-state index in [1.807, 2.05) is 0 Å². The van der Waals surface area contributed by atoms with E-state index >= 15 is 0 Å². The topological polar surface area (TPSA) is 131 Å². The maximum absolute atomic E-state index is 12.4. The first-order chi connectivity index (χ1) is 17.6. The molecule has 198 valence electrons. The summed E-state index contributed by atoms with van der Waals surface area (Å²) in [4.78, 5) is 24.4. The number of esters is 1. The fourth-order valence-electron chi connectivity index (χ4n) is 3.48. The lowest BCUT2D eigenvalue weighted by molar-refractivity contribution is -0.136. The molecule has 0 aromatic heterocycles. The zero-order valence-corrected chi connectivity index (χ0v) is 22.4. The molecule has 1 heterocycles. The van der Waals surface area contributed by atoms with Gasteiger partial charge in [0, 0.05) is 16.3 Å². The number of hydrogen-bond donors (Lipinski definition) is 4. The molecule has 0 fully saturated rings. The van der Waals surface area contributed by atoms with Crippen molar-refractivity contribution < 1.29 is 28.9 Å². The lowest BCUT2D eigenvalue weighted by Crippen LogP contribution is -2.45. The second-order valence-corrected chi connectivity index (χ2v) is 8.93. The smallest absolute Gasteiger partial charge is 0.337 e. The molecular weight excluding hydrogens is 547 g/mol. The van der Waals surface area contributed by atoms with Crippen LogP contribution >= 0.6 is 34.8 Å². The summed E-state index contributed by atoms with van der Waals surface area (Å²) in [7, 11) is 1.26. The number of nitrogens with zero attached hydrogens (tertiary/aromatic N) is 1. The average molecular weight is 572 g/mol. The molecule has 4 N–H and O–H groups in total. The summed E-state index contributed by atoms with van der Waals surface area (Å²) < 4.78 is 16.3. The highest BCUT2D eigenvalue weighted by atomic mass is 35.5. The van der Waals surface area contributed by atoms with Crippen molar-refractivity contribution in [2.45, 2.75) is 26.1 Å². The van der Waals surface area contributed by atoms with Crippen LogP contribution in [0.15, 0.2) is 46.7 Å². The molecule has 13 heteroatoms. The molecule has 2 amide bonds. The van der Waals surface area contributed by atoms with Crippen molar-refractivity contribution in [3.8, 4) is 11.5 Å². The minimum Gasteiger partial charge on any atom is -0.490 e. The van der Waals surface area contributed by atoms with Gasteiger partial charge < -0.3 is 30.0 Å². The number of amides is 2. The first-order valence-corrected chi connectivity index (χ1v) is 12.1. The standard InChI is InChI=1S/C24H25Cl3N4O6/c1-4-36-18-8-13(22-20(23(33)35-3)12(2)29-24(34)30-22)5-6-17(18)37-11-19(32)31-28-10-14-7-15(25)9-16(26)21(14)27/h5-10,19,22,31-32H,4,11H2,1-3H3,(H2,29,30,34)/b28-10-/t19-,22+/m0/s1. The number of carbonyl (C=O) groups is 2. The predicted molar refractivity (Wildman–Crippen MR) is 140 cm³/mol. The van der Waals surface area contributed by atoms with Gasteiger partial charge in [0.2, 0.25) is 0 Å². The van der Waals surface area contributed by atoms with Crippen molar-refractivity contribution in [2.24, 2.45) is 5.10 Å². The maximum Gasteiger partial charge on any atom is 0.337 e. The Balaban J connectivity index is 1.72. The molecule has 1 aliphatic rings. The summed E-state index contributed by atoms with van der Waals surface area (Å²) in [6, 6.07) is 6.80. The van der Waals surface area contributed by atoms with Crippen molar-refractivity contribution in [3.05, 3.63) is 67.8 Å². The Kier molecular flexibility index (Phi) is 9.87. The van der Waals surface area contributed by atoms with E-state index in [0.717, 1.165) is 0 Å². The number of benzene rings is 2. The first kappa shape index (κ1) is 28.4. The minimum absolute atomic E-state index is 0.183. The molecule has 1 aliphatic heterocycles. The highest BCUT2D eigenvalue weighted by Gasteiger charge is 2.32. The van der Waals surface area contributed by atoms with E-state index in [-0.39, 0.29) is 22.2 Å². The highest BCUT2D eigenvalue weighted by Crippen LogP contribution is 2.35. The van der Waals surface area contributed by atoms with E-state index in [9.17, 15) is 14.7 Å². The van der Waals surface area contributed by atoms with Gasteiger partial charge in [0.25, 0.3) is 0 Å². The SMILES string of the molecule is CCOc1cc([C@H]2NC(=O)NC(C)=C2C(=O)OC)ccc1OC[C@H](O)N/N=C\c1cc(Cl)cc(Cl)c1Cl. The van der Waals surface area contributed by atoms with Crippen LogP contribution in [-0.4, -0.2) is 49.9 Å². The van der Waals surface area contributed by atoms with Crippen LogP contribution in [0.5, 0.6) is 11.5 Å². The van der Waals surface area contributed by atoms with Crippen LogP contribution in [0.1, 0.15) is 31.0 Å². The summed E-state index contributed by atoms with van der Waals surface area (Å²) in [6.07, 6.45) is 0.185. The number of urea groups is 1. The number of hydrazone groups is 1. The van der Waals surface area contributed by atoms with Crippen LogP contribution in [-0.2, 0) is 9.53 Å². The van der Waals surface area contributed by atoms with E-state index in [0.29, 0.717) is 40.0 Å². The van der Waals surface area contributed by atoms with Crippen molar-refractivity contribution in [2.75, 3.05) is 20.3 Å². The van der Waals surface area contributed by atoms with Gasteiger partial charge in [-0.2, -0.15) is 5.10 Å². The summed E-state index contributed by atoms with van der Waals surface area (Å²) in [5, 5.41) is 20.4. The molecule has 0 radical (unpaired) electrons. The minimum atomic E-state index is -1.18. The molecule has 2 aromatic rings. The number of aliphatic hydroxyl groups is 1. The molecule has 2 atom stereocenters. The summed E-state index contributed by atoms with van der Waals surface area (Å²) in [5.41, 5.74) is 4.21. The van der Waals surface area contributed by atoms with Crippen LogP contribution in [0.3, 0.4) is 0 Å². The number of allylic oxidation sites excluding steroid dienone is 1. The number of halogens is 3. The zero-order valence-electron chi connectivity index (χ0n) is 20.1. The number of rotatable bonds is 10. The summed E-state index contributed by atoms with van der Waals surface area (Å²) in [5.74, 6) is 0.107. The van der Waals surface area contributed by atoms with Gasteiger partial charge in [0.15, 0.2) is 17.7 Å². The molecule has 0 bridgehead atoms. The average Bonchev–Trinajstić information content (AvgIpc) is 2.85. The first-order valence-electron chi connectivity index (χ1n) is 11.0. The fraction of sp³-hybridized carbons (Fsp3) is 0.292. The highest BCUT2D eigenvalue weighted by molar-refractivity contribution is 6.44. The Bertz CT molecular complexity index is 1240. The Morgan fingerprint density at radius 3 is 2.68 bits per heavy atom. The van der Waals surface area contributed by atoms with Crippen LogP contribution < -0.4 is 25.5 Å². The van der Waals surface area contributed by atoms with Gasteiger partial charge in [-0.15, -0.1) is 0 Å². The number of aliphatic hydroxyl groups excluding tert-OH is 1. The van der Waals surface area contributed by atoms with Crippen molar-refractivity contribution in [3.63, 3.8) is 0 Å². The van der Waals surface area contributed by atoms with Crippen LogP contribution in [0.4, 0.5) is 4.79 Å². The molecule has 37 heavy (non-hydrogen) atoms. The number of methoxy groups -OCH3 is 1. The number of hydrogen-bond acceptors (Lipinski definition) is 8. The second-order valence-electron chi connectivity index (χ2n) is 7.71. The summed E-state index contributed by atoms with van der Waals surface area (Å²) in [6.45, 7) is 3.55. The van der Waals surface area contributed by atoms with Crippen molar-refractivity contribution in [1.82, 2.24) is 16.1 Å². The maximum atomic E-state index is 12.4. The van der Waals surface area contributed by atoms with Crippen molar-refractivity contribution in [1.29, 1.82) is 0 Å². The van der Waals surface area contributed by atoms with Crippen molar-refractivity contribution >= 4 is 53.0 Å². The molecular formula is C24H25Cl3N4O6. The number of ether oxygens (including phenoxy) is 3. The Morgan fingerprint density at radius 1 is 1.22 bits per heavy atom. The molecule has 0 unspecified atom stereocenters. The quantitative estimate of drug-likeness (QED) is 0.111. The van der Waals surface area contributed by atoms with Crippen LogP contribution in [0.2, 0.25) is 15.1 Å². The van der Waals surface area contributed by atoms with Gasteiger partial charge in [0.05, 0.1) is 41.6 Å². The number of nitrogens with one attached hydrogen (secondary N) is 3. The van der Waals surface area contributed by atoms with E-state index in [1.165, 1.54) is 19.4 Å². The third-order valence-corrected chi connectivity index (χ3v) is 6.16. The zero-order chi connectivity index (χ0) is 27.1. The van der Waals surface area contributed by atoms with E-state index < -0.39 is 24.3 Å². The normalized spacial score (nSPS) is 16.2. The number of carbonyl (C=O) groups excluding carboxylic acids is 2. The molecule has 0 aliphatic carbocycles.